The predicted molar refractivity (Wildman–Crippen MR) is 95.0 cm³/mol. The molecular formula is C19H18F4N2O3. The number of halogens is 4. The van der Waals surface area contributed by atoms with E-state index in [2.05, 4.69) is 5.32 Å². The Kier molecular flexibility index (Phi) is 6.03. The number of rotatable bonds is 5. The third-order valence-corrected chi connectivity index (χ3v) is 4.12. The van der Waals surface area contributed by atoms with E-state index in [0.717, 1.165) is 18.2 Å². The number of carbonyl (C=O) groups is 1. The van der Waals surface area contributed by atoms with E-state index in [9.17, 15) is 22.4 Å². The molecule has 0 saturated carbocycles. The van der Waals surface area contributed by atoms with E-state index in [1.807, 2.05) is 4.90 Å². The Labute approximate surface area is 158 Å². The molecule has 2 aromatic carbocycles. The van der Waals surface area contributed by atoms with E-state index >= 15 is 0 Å². The van der Waals surface area contributed by atoms with E-state index in [0.29, 0.717) is 32.0 Å². The predicted octanol–water partition coefficient (Wildman–Crippen LogP) is 3.70. The number of morpholine rings is 1. The normalized spacial score (nSPS) is 14.6. The maximum atomic E-state index is 13.2. The summed E-state index contributed by atoms with van der Waals surface area (Å²) in [7, 11) is 0. The molecule has 1 aliphatic rings. The van der Waals surface area contributed by atoms with E-state index < -0.39 is 30.1 Å². The van der Waals surface area contributed by atoms with Gasteiger partial charge >= 0.3 is 6.18 Å². The Morgan fingerprint density at radius 2 is 1.89 bits per heavy atom. The molecule has 0 atom stereocenters. The van der Waals surface area contributed by atoms with Crippen LogP contribution in [0.1, 0.15) is 5.56 Å². The first kappa shape index (κ1) is 19.9. The molecule has 0 spiro atoms. The lowest BCUT2D eigenvalue weighted by Crippen LogP contribution is -2.37. The van der Waals surface area contributed by atoms with Gasteiger partial charge in [0.05, 0.1) is 30.2 Å². The number of ether oxygens (including phenoxy) is 2. The third-order valence-electron chi connectivity index (χ3n) is 4.12. The monoisotopic (exact) mass is 398 g/mol. The molecular weight excluding hydrogens is 380 g/mol. The average molecular weight is 398 g/mol. The number of anilines is 2. The fourth-order valence-electron chi connectivity index (χ4n) is 2.78. The molecule has 1 amide bonds. The minimum atomic E-state index is -4.54. The van der Waals surface area contributed by atoms with Gasteiger partial charge in [-0.3, -0.25) is 4.79 Å². The maximum Gasteiger partial charge on any atom is 0.416 e. The minimum absolute atomic E-state index is 0.0320. The topological polar surface area (TPSA) is 50.8 Å². The van der Waals surface area contributed by atoms with E-state index in [1.54, 1.807) is 0 Å². The van der Waals surface area contributed by atoms with Gasteiger partial charge < -0.3 is 19.7 Å². The molecule has 9 heteroatoms. The second kappa shape index (κ2) is 8.47. The summed E-state index contributed by atoms with van der Waals surface area (Å²) in [5.41, 5.74) is -0.370. The summed E-state index contributed by atoms with van der Waals surface area (Å²) in [6.45, 7) is 1.40. The van der Waals surface area contributed by atoms with Gasteiger partial charge in [0, 0.05) is 19.2 Å². The van der Waals surface area contributed by atoms with E-state index in [-0.39, 0.29) is 11.4 Å². The number of nitrogens with zero attached hydrogens (tertiary/aromatic N) is 1. The zero-order chi connectivity index (χ0) is 20.1. The van der Waals surface area contributed by atoms with Gasteiger partial charge in [-0.15, -0.1) is 0 Å². The summed E-state index contributed by atoms with van der Waals surface area (Å²) in [6, 6.07) is 8.43. The van der Waals surface area contributed by atoms with Gasteiger partial charge in [-0.05, 0) is 30.3 Å². The first-order chi connectivity index (χ1) is 13.3. The van der Waals surface area contributed by atoms with Gasteiger partial charge in [-0.2, -0.15) is 13.2 Å². The number of hydrogen-bond donors (Lipinski definition) is 1. The van der Waals surface area contributed by atoms with Crippen LogP contribution in [-0.2, 0) is 15.7 Å². The molecule has 1 N–H and O–H groups in total. The largest absolute Gasteiger partial charge is 0.484 e. The van der Waals surface area contributed by atoms with Gasteiger partial charge in [0.25, 0.3) is 5.91 Å². The fourth-order valence-corrected chi connectivity index (χ4v) is 2.78. The van der Waals surface area contributed by atoms with Gasteiger partial charge in [0.15, 0.2) is 6.61 Å². The number of amides is 1. The van der Waals surface area contributed by atoms with Crippen LogP contribution >= 0.6 is 0 Å². The van der Waals surface area contributed by atoms with Crippen LogP contribution in [0.25, 0.3) is 0 Å². The quantitative estimate of drug-likeness (QED) is 0.781. The molecule has 0 radical (unpaired) electrons. The molecule has 3 rings (SSSR count). The Morgan fingerprint density at radius 1 is 1.14 bits per heavy atom. The molecule has 1 aliphatic heterocycles. The summed E-state index contributed by atoms with van der Waals surface area (Å²) in [5.74, 6) is -1.03. The lowest BCUT2D eigenvalue weighted by molar-refractivity contribution is -0.137. The Morgan fingerprint density at radius 3 is 2.57 bits per heavy atom. The highest BCUT2D eigenvalue weighted by Crippen LogP contribution is 2.35. The molecule has 2 aromatic rings. The summed E-state index contributed by atoms with van der Waals surface area (Å²) in [4.78, 5) is 14.1. The second-order valence-corrected chi connectivity index (χ2v) is 6.12. The van der Waals surface area contributed by atoms with Crippen LogP contribution in [0.4, 0.5) is 28.9 Å². The SMILES string of the molecule is O=C(COc1cccc(F)c1)Nc1cc(C(F)(F)F)ccc1N1CCOCC1. The first-order valence-corrected chi connectivity index (χ1v) is 8.55. The first-order valence-electron chi connectivity index (χ1n) is 8.55. The van der Waals surface area contributed by atoms with E-state index in [4.69, 9.17) is 9.47 Å². The highest BCUT2D eigenvalue weighted by molar-refractivity contribution is 5.95. The number of alkyl halides is 3. The van der Waals surface area contributed by atoms with Crippen LogP contribution in [0, 0.1) is 5.82 Å². The van der Waals surface area contributed by atoms with Crippen molar-refractivity contribution in [1.82, 2.24) is 0 Å². The summed E-state index contributed by atoms with van der Waals surface area (Å²) < 4.78 is 62.8. The number of nitrogens with one attached hydrogen (secondary N) is 1. The molecule has 0 aromatic heterocycles. The standard InChI is InChI=1S/C19H18F4N2O3/c20-14-2-1-3-15(11-14)28-12-18(26)24-16-10-13(19(21,22)23)4-5-17(16)25-6-8-27-9-7-25/h1-5,10-11H,6-9,12H2,(H,24,26). The van der Waals surface area contributed by atoms with Crippen molar-refractivity contribution in [2.45, 2.75) is 6.18 Å². The van der Waals surface area contributed by atoms with Crippen LogP contribution in [0.5, 0.6) is 5.75 Å². The second-order valence-electron chi connectivity index (χ2n) is 6.12. The van der Waals surface area contributed by atoms with Crippen LogP contribution < -0.4 is 15.0 Å². The van der Waals surface area contributed by atoms with Crippen molar-refractivity contribution in [1.29, 1.82) is 0 Å². The zero-order valence-electron chi connectivity index (χ0n) is 14.8. The van der Waals surface area contributed by atoms with Crippen LogP contribution in [0.3, 0.4) is 0 Å². The lowest BCUT2D eigenvalue weighted by atomic mass is 10.1. The molecule has 1 fully saturated rings. The molecule has 0 bridgehead atoms. The summed E-state index contributed by atoms with van der Waals surface area (Å²) in [6.07, 6.45) is -4.54. The number of carbonyl (C=O) groups excluding carboxylic acids is 1. The minimum Gasteiger partial charge on any atom is -0.484 e. The molecule has 5 nitrogen and oxygen atoms in total. The zero-order valence-corrected chi connectivity index (χ0v) is 14.8. The average Bonchev–Trinajstić information content (AvgIpc) is 2.66. The molecule has 0 unspecified atom stereocenters. The molecule has 1 saturated heterocycles. The Hall–Kier alpha value is -2.81. The maximum absolute atomic E-state index is 13.2. The summed E-state index contributed by atoms with van der Waals surface area (Å²) in [5, 5.41) is 2.47. The van der Waals surface area contributed by atoms with Gasteiger partial charge in [0.1, 0.15) is 11.6 Å². The van der Waals surface area contributed by atoms with Crippen LogP contribution in [0.15, 0.2) is 42.5 Å². The van der Waals surface area contributed by atoms with Gasteiger partial charge in [-0.25, -0.2) is 4.39 Å². The van der Waals surface area contributed by atoms with E-state index in [1.165, 1.54) is 24.3 Å². The van der Waals surface area contributed by atoms with Crippen LogP contribution in [-0.4, -0.2) is 38.8 Å². The van der Waals surface area contributed by atoms with Crippen molar-refractivity contribution >= 4 is 17.3 Å². The number of benzene rings is 2. The lowest BCUT2D eigenvalue weighted by Gasteiger charge is -2.31. The van der Waals surface area contributed by atoms with Crippen molar-refractivity contribution < 1.29 is 31.8 Å². The van der Waals surface area contributed by atoms with Crippen molar-refractivity contribution in [3.8, 4) is 5.75 Å². The van der Waals surface area contributed by atoms with Crippen LogP contribution in [0.2, 0.25) is 0 Å². The van der Waals surface area contributed by atoms with Crippen molar-refractivity contribution in [3.05, 3.63) is 53.8 Å². The highest BCUT2D eigenvalue weighted by Gasteiger charge is 2.32. The number of hydrogen-bond acceptors (Lipinski definition) is 4. The van der Waals surface area contributed by atoms with Gasteiger partial charge in [0.2, 0.25) is 0 Å². The Bertz CT molecular complexity index is 836. The third kappa shape index (κ3) is 5.13. The smallest absolute Gasteiger partial charge is 0.416 e. The molecule has 150 valence electrons. The molecule has 28 heavy (non-hydrogen) atoms. The van der Waals surface area contributed by atoms with Crippen molar-refractivity contribution in [2.75, 3.05) is 43.1 Å². The molecule has 0 aliphatic carbocycles. The van der Waals surface area contributed by atoms with Crippen molar-refractivity contribution in [3.63, 3.8) is 0 Å². The Balaban J connectivity index is 1.76. The van der Waals surface area contributed by atoms with Crippen molar-refractivity contribution in [2.24, 2.45) is 0 Å². The molecule has 1 heterocycles. The van der Waals surface area contributed by atoms with Gasteiger partial charge in [-0.1, -0.05) is 6.07 Å². The highest BCUT2D eigenvalue weighted by atomic mass is 19.4. The fraction of sp³-hybridized carbons (Fsp3) is 0.316. The summed E-state index contributed by atoms with van der Waals surface area (Å²) >= 11 is 0.